The highest BCUT2D eigenvalue weighted by Gasteiger charge is 2.27. The zero-order chi connectivity index (χ0) is 20.3. The molecule has 28 heavy (non-hydrogen) atoms. The van der Waals surface area contributed by atoms with Crippen molar-refractivity contribution in [1.29, 1.82) is 0 Å². The van der Waals surface area contributed by atoms with E-state index >= 15 is 0 Å². The van der Waals surface area contributed by atoms with E-state index in [0.29, 0.717) is 24.2 Å². The Labute approximate surface area is 169 Å². The van der Waals surface area contributed by atoms with Crippen LogP contribution in [-0.4, -0.2) is 45.8 Å². The van der Waals surface area contributed by atoms with E-state index in [1.54, 1.807) is 4.90 Å². The maximum Gasteiger partial charge on any atom is 0.277 e. The molecule has 1 saturated heterocycles. The van der Waals surface area contributed by atoms with Crippen LogP contribution in [-0.2, 0) is 15.0 Å². The standard InChI is InChI=1S/C20H26N4O3S/c1-20(2,3)15-8-6-13(7-9-15)18-22-23-19(27-18)28-12-16(25)24-10-4-5-14(11-24)17(21)26/h6-9,14H,4-5,10-12H2,1-3H3,(H2,21,26)/t14-/m1/s1. The second-order valence-corrected chi connectivity index (χ2v) is 9.00. The molecule has 0 unspecified atom stereocenters. The van der Waals surface area contributed by atoms with Crippen LogP contribution in [0.3, 0.4) is 0 Å². The van der Waals surface area contributed by atoms with Gasteiger partial charge in [0.25, 0.3) is 5.22 Å². The lowest BCUT2D eigenvalue weighted by atomic mass is 9.87. The summed E-state index contributed by atoms with van der Waals surface area (Å²) in [6, 6.07) is 8.04. The van der Waals surface area contributed by atoms with E-state index in [-0.39, 0.29) is 28.9 Å². The molecule has 8 heteroatoms. The average Bonchev–Trinajstić information content (AvgIpc) is 3.14. The summed E-state index contributed by atoms with van der Waals surface area (Å²) in [5.41, 5.74) is 7.53. The first-order chi connectivity index (χ1) is 13.2. The Hall–Kier alpha value is -2.35. The lowest BCUT2D eigenvalue weighted by Crippen LogP contribution is -2.44. The van der Waals surface area contributed by atoms with Crippen molar-refractivity contribution in [2.24, 2.45) is 11.7 Å². The monoisotopic (exact) mass is 402 g/mol. The first-order valence-corrected chi connectivity index (χ1v) is 10.4. The van der Waals surface area contributed by atoms with Crippen LogP contribution in [0.25, 0.3) is 11.5 Å². The van der Waals surface area contributed by atoms with E-state index in [1.807, 2.05) is 12.1 Å². The third-order valence-corrected chi connectivity index (χ3v) is 5.70. The van der Waals surface area contributed by atoms with Crippen molar-refractivity contribution in [3.8, 4) is 11.5 Å². The molecule has 1 aliphatic heterocycles. The molecule has 1 fully saturated rings. The summed E-state index contributed by atoms with van der Waals surface area (Å²) >= 11 is 1.21. The normalized spacial score (nSPS) is 17.5. The van der Waals surface area contributed by atoms with Gasteiger partial charge in [0, 0.05) is 18.7 Å². The molecule has 2 N–H and O–H groups in total. The second-order valence-electron chi connectivity index (χ2n) is 8.07. The molecule has 1 aromatic carbocycles. The fourth-order valence-electron chi connectivity index (χ4n) is 3.15. The van der Waals surface area contributed by atoms with Gasteiger partial charge in [-0.1, -0.05) is 44.7 Å². The summed E-state index contributed by atoms with van der Waals surface area (Å²) in [7, 11) is 0. The summed E-state index contributed by atoms with van der Waals surface area (Å²) in [6.07, 6.45) is 1.53. The first kappa shape index (κ1) is 20.4. The van der Waals surface area contributed by atoms with E-state index < -0.39 is 0 Å². The summed E-state index contributed by atoms with van der Waals surface area (Å²) < 4.78 is 5.69. The second kappa shape index (κ2) is 8.34. The number of piperidine rings is 1. The molecule has 1 atom stereocenters. The number of benzene rings is 1. The van der Waals surface area contributed by atoms with Gasteiger partial charge in [-0.2, -0.15) is 0 Å². The van der Waals surface area contributed by atoms with E-state index in [9.17, 15) is 9.59 Å². The van der Waals surface area contributed by atoms with Gasteiger partial charge in [0.05, 0.1) is 11.7 Å². The number of primary amides is 1. The maximum atomic E-state index is 12.4. The van der Waals surface area contributed by atoms with Gasteiger partial charge in [0.1, 0.15) is 0 Å². The molecule has 0 bridgehead atoms. The molecule has 3 rings (SSSR count). The molecular weight excluding hydrogens is 376 g/mol. The van der Waals surface area contributed by atoms with E-state index in [0.717, 1.165) is 18.4 Å². The van der Waals surface area contributed by atoms with Crippen molar-refractivity contribution in [2.75, 3.05) is 18.8 Å². The number of aromatic nitrogens is 2. The Bertz CT molecular complexity index is 842. The molecule has 2 heterocycles. The summed E-state index contributed by atoms with van der Waals surface area (Å²) in [5.74, 6) is -0.0267. The lowest BCUT2D eigenvalue weighted by molar-refractivity contribution is -0.132. The number of hydrogen-bond acceptors (Lipinski definition) is 6. The number of hydrogen-bond donors (Lipinski definition) is 1. The number of nitrogens with two attached hydrogens (primary N) is 1. The number of carbonyl (C=O) groups is 2. The van der Waals surface area contributed by atoms with E-state index in [2.05, 4.69) is 43.1 Å². The fourth-order valence-corrected chi connectivity index (χ4v) is 3.81. The van der Waals surface area contributed by atoms with Crippen LogP contribution in [0, 0.1) is 5.92 Å². The number of nitrogens with zero attached hydrogens (tertiary/aromatic N) is 3. The van der Waals surface area contributed by atoms with Crippen LogP contribution in [0.15, 0.2) is 33.9 Å². The highest BCUT2D eigenvalue weighted by atomic mass is 32.2. The molecule has 1 aromatic heterocycles. The Balaban J connectivity index is 1.57. The van der Waals surface area contributed by atoms with Gasteiger partial charge in [-0.05, 0) is 36.0 Å². The van der Waals surface area contributed by atoms with Crippen LogP contribution in [0.5, 0.6) is 0 Å². The van der Waals surface area contributed by atoms with Gasteiger partial charge >= 0.3 is 0 Å². The zero-order valence-corrected chi connectivity index (χ0v) is 17.3. The van der Waals surface area contributed by atoms with Crippen molar-refractivity contribution in [2.45, 2.75) is 44.3 Å². The van der Waals surface area contributed by atoms with E-state index in [4.69, 9.17) is 10.2 Å². The molecule has 150 valence electrons. The minimum absolute atomic E-state index is 0.0507. The predicted octanol–water partition coefficient (Wildman–Crippen LogP) is 2.85. The van der Waals surface area contributed by atoms with Gasteiger partial charge < -0.3 is 15.1 Å². The lowest BCUT2D eigenvalue weighted by Gasteiger charge is -2.31. The van der Waals surface area contributed by atoms with Gasteiger partial charge in [-0.25, -0.2) is 0 Å². The average molecular weight is 403 g/mol. The Morgan fingerprint density at radius 2 is 1.96 bits per heavy atom. The number of amides is 2. The third kappa shape index (κ3) is 4.92. The van der Waals surface area contributed by atoms with Gasteiger partial charge in [0.15, 0.2) is 0 Å². The van der Waals surface area contributed by atoms with Crippen molar-refractivity contribution in [1.82, 2.24) is 15.1 Å². The molecule has 0 saturated carbocycles. The van der Waals surface area contributed by atoms with Crippen LogP contribution in [0.4, 0.5) is 0 Å². The maximum absolute atomic E-state index is 12.4. The topological polar surface area (TPSA) is 102 Å². The number of likely N-dealkylation sites (tertiary alicyclic amines) is 1. The Morgan fingerprint density at radius 3 is 2.61 bits per heavy atom. The molecule has 1 aliphatic rings. The van der Waals surface area contributed by atoms with Crippen molar-refractivity contribution in [3.05, 3.63) is 29.8 Å². The summed E-state index contributed by atoms with van der Waals surface area (Å²) in [4.78, 5) is 25.5. The van der Waals surface area contributed by atoms with Crippen LogP contribution in [0.1, 0.15) is 39.2 Å². The van der Waals surface area contributed by atoms with Gasteiger partial charge in [-0.3, -0.25) is 9.59 Å². The summed E-state index contributed by atoms with van der Waals surface area (Å²) in [6.45, 7) is 7.53. The quantitative estimate of drug-likeness (QED) is 0.772. The van der Waals surface area contributed by atoms with Crippen molar-refractivity contribution >= 4 is 23.6 Å². The van der Waals surface area contributed by atoms with Crippen molar-refractivity contribution < 1.29 is 14.0 Å². The minimum Gasteiger partial charge on any atom is -0.411 e. The number of rotatable bonds is 5. The third-order valence-electron chi connectivity index (χ3n) is 4.90. The first-order valence-electron chi connectivity index (χ1n) is 9.38. The number of thioether (sulfide) groups is 1. The zero-order valence-electron chi connectivity index (χ0n) is 16.5. The SMILES string of the molecule is CC(C)(C)c1ccc(-c2nnc(SCC(=O)N3CCC[C@@H](C(N)=O)C3)o2)cc1. The Kier molecular flexibility index (Phi) is 6.07. The fraction of sp³-hybridized carbons (Fsp3) is 0.500. The predicted molar refractivity (Wildman–Crippen MR) is 108 cm³/mol. The molecule has 2 aromatic rings. The van der Waals surface area contributed by atoms with Crippen LogP contribution >= 0.6 is 11.8 Å². The molecule has 2 amide bonds. The Morgan fingerprint density at radius 1 is 1.25 bits per heavy atom. The minimum atomic E-state index is -0.343. The molecule has 7 nitrogen and oxygen atoms in total. The van der Waals surface area contributed by atoms with Crippen LogP contribution < -0.4 is 5.73 Å². The van der Waals surface area contributed by atoms with Crippen molar-refractivity contribution in [3.63, 3.8) is 0 Å². The molecule has 0 radical (unpaired) electrons. The van der Waals surface area contributed by atoms with Crippen LogP contribution in [0.2, 0.25) is 0 Å². The molecular formula is C20H26N4O3S. The highest BCUT2D eigenvalue weighted by Crippen LogP contribution is 2.27. The largest absolute Gasteiger partial charge is 0.411 e. The molecule has 0 aliphatic carbocycles. The molecule has 0 spiro atoms. The van der Waals surface area contributed by atoms with Gasteiger partial charge in [-0.15, -0.1) is 10.2 Å². The van der Waals surface area contributed by atoms with Gasteiger partial charge in [0.2, 0.25) is 17.7 Å². The highest BCUT2D eigenvalue weighted by molar-refractivity contribution is 7.99. The summed E-state index contributed by atoms with van der Waals surface area (Å²) in [5, 5.41) is 8.46. The smallest absolute Gasteiger partial charge is 0.277 e. The van der Waals surface area contributed by atoms with E-state index in [1.165, 1.54) is 17.3 Å². The number of carbonyl (C=O) groups excluding carboxylic acids is 2.